The Morgan fingerprint density at radius 3 is 2.60 bits per heavy atom. The molecule has 3 rings (SSSR count). The summed E-state index contributed by atoms with van der Waals surface area (Å²) in [4.78, 5) is 11.3. The normalized spacial score (nSPS) is 53.8. The summed E-state index contributed by atoms with van der Waals surface area (Å²) in [6.45, 7) is 8.58. The summed E-state index contributed by atoms with van der Waals surface area (Å²) in [6, 6.07) is 0. The van der Waals surface area contributed by atoms with Gasteiger partial charge in [-0.05, 0) is 62.2 Å². The topological polar surface area (TPSA) is 46.5 Å². The van der Waals surface area contributed by atoms with Gasteiger partial charge in [-0.3, -0.25) is 4.79 Å². The highest BCUT2D eigenvalue weighted by Crippen LogP contribution is 2.73. The highest BCUT2D eigenvalue weighted by atomic mass is 16.5. The fraction of sp³-hybridized carbons (Fsp3) is 0.941. The van der Waals surface area contributed by atoms with Gasteiger partial charge < -0.3 is 9.84 Å². The van der Waals surface area contributed by atoms with Crippen LogP contribution in [-0.4, -0.2) is 23.3 Å². The van der Waals surface area contributed by atoms with Crippen LogP contribution in [0.15, 0.2) is 0 Å². The van der Waals surface area contributed by atoms with Crippen LogP contribution in [0.3, 0.4) is 0 Å². The van der Waals surface area contributed by atoms with Gasteiger partial charge in [0.2, 0.25) is 0 Å². The molecule has 0 radical (unpaired) electrons. The van der Waals surface area contributed by atoms with Gasteiger partial charge in [0.15, 0.2) is 0 Å². The molecule has 0 heterocycles. The molecule has 114 valence electrons. The Labute approximate surface area is 122 Å². The van der Waals surface area contributed by atoms with Crippen molar-refractivity contribution in [2.75, 3.05) is 6.61 Å². The Hall–Kier alpha value is -0.570. The molecule has 6 atom stereocenters. The van der Waals surface area contributed by atoms with E-state index in [4.69, 9.17) is 4.74 Å². The van der Waals surface area contributed by atoms with Gasteiger partial charge in [0, 0.05) is 12.3 Å². The Kier molecular flexibility index (Phi) is 3.03. The number of ether oxygens (including phenoxy) is 1. The van der Waals surface area contributed by atoms with Crippen LogP contribution in [0, 0.1) is 28.6 Å². The van der Waals surface area contributed by atoms with Crippen molar-refractivity contribution in [3.63, 3.8) is 0 Å². The molecule has 3 saturated carbocycles. The second-order valence-corrected chi connectivity index (χ2v) is 8.16. The largest absolute Gasteiger partial charge is 0.465 e. The highest BCUT2D eigenvalue weighted by molar-refractivity contribution is 5.65. The van der Waals surface area contributed by atoms with Gasteiger partial charge in [-0.2, -0.15) is 0 Å². The summed E-state index contributed by atoms with van der Waals surface area (Å²) in [6.07, 6.45) is 5.66. The Morgan fingerprint density at radius 1 is 1.25 bits per heavy atom. The van der Waals surface area contributed by atoms with E-state index in [0.29, 0.717) is 17.9 Å². The van der Waals surface area contributed by atoms with E-state index in [1.54, 1.807) is 0 Å². The van der Waals surface area contributed by atoms with Crippen LogP contribution in [-0.2, 0) is 9.53 Å². The van der Waals surface area contributed by atoms with Crippen molar-refractivity contribution in [3.8, 4) is 0 Å². The third-order valence-electron chi connectivity index (χ3n) is 7.17. The summed E-state index contributed by atoms with van der Waals surface area (Å²) in [5.74, 6) is 1.40. The minimum Gasteiger partial charge on any atom is -0.465 e. The number of hydrogen-bond acceptors (Lipinski definition) is 3. The Bertz CT molecular complexity index is 426. The number of fused-ring (bicyclic) bond motifs is 1. The summed E-state index contributed by atoms with van der Waals surface area (Å²) in [5, 5.41) is 10.9. The van der Waals surface area contributed by atoms with Crippen LogP contribution in [0.4, 0.5) is 0 Å². The minimum absolute atomic E-state index is 0.0591. The van der Waals surface area contributed by atoms with Gasteiger partial charge >= 0.3 is 5.97 Å². The van der Waals surface area contributed by atoms with E-state index in [2.05, 4.69) is 13.8 Å². The minimum atomic E-state index is -0.607. The molecule has 3 aliphatic carbocycles. The summed E-state index contributed by atoms with van der Waals surface area (Å²) >= 11 is 0. The molecule has 1 N–H and O–H groups in total. The number of rotatable bonds is 2. The van der Waals surface area contributed by atoms with Crippen LogP contribution >= 0.6 is 0 Å². The molecule has 3 nitrogen and oxygen atoms in total. The van der Waals surface area contributed by atoms with Crippen LogP contribution in [0.5, 0.6) is 0 Å². The standard InChI is InChI=1S/C17H28O3/c1-11-5-6-13-15(3,10-20-12(2)18)14-9-17(11,13)8-7-16(14,4)19/h11,13-14,19H,5-10H2,1-4H3/t11-,13+,14-,15+,16-,17+/m1/s1. The third kappa shape index (κ3) is 1.71. The number of aliphatic hydroxyl groups is 1. The molecular formula is C17H28O3. The number of hydrogen-bond donors (Lipinski definition) is 1. The first kappa shape index (κ1) is 14.4. The van der Waals surface area contributed by atoms with E-state index >= 15 is 0 Å². The van der Waals surface area contributed by atoms with Gasteiger partial charge in [-0.25, -0.2) is 0 Å². The lowest BCUT2D eigenvalue weighted by molar-refractivity contribution is -0.150. The molecule has 0 saturated heterocycles. The van der Waals surface area contributed by atoms with Crippen molar-refractivity contribution in [1.82, 2.24) is 0 Å². The first-order valence-electron chi connectivity index (χ1n) is 8.08. The van der Waals surface area contributed by atoms with Gasteiger partial charge in [0.25, 0.3) is 0 Å². The van der Waals surface area contributed by atoms with Crippen molar-refractivity contribution in [2.24, 2.45) is 28.6 Å². The molecule has 1 spiro atoms. The lowest BCUT2D eigenvalue weighted by atomic mass is 9.64. The average Bonchev–Trinajstić information content (AvgIpc) is 2.79. The molecule has 2 bridgehead atoms. The zero-order chi connectivity index (χ0) is 14.8. The molecule has 0 aliphatic heterocycles. The van der Waals surface area contributed by atoms with Crippen LogP contribution in [0.1, 0.15) is 59.8 Å². The van der Waals surface area contributed by atoms with E-state index < -0.39 is 5.60 Å². The molecule has 0 aromatic carbocycles. The van der Waals surface area contributed by atoms with Gasteiger partial charge in [0.1, 0.15) is 0 Å². The van der Waals surface area contributed by atoms with Crippen molar-refractivity contribution < 1.29 is 14.6 Å². The first-order valence-corrected chi connectivity index (χ1v) is 8.08. The fourth-order valence-electron chi connectivity index (χ4n) is 6.09. The van der Waals surface area contributed by atoms with E-state index in [-0.39, 0.29) is 17.3 Å². The monoisotopic (exact) mass is 280 g/mol. The second kappa shape index (κ2) is 4.22. The van der Waals surface area contributed by atoms with Crippen molar-refractivity contribution in [2.45, 2.75) is 65.4 Å². The van der Waals surface area contributed by atoms with Crippen molar-refractivity contribution >= 4 is 5.97 Å². The molecule has 0 aromatic rings. The molecule has 0 amide bonds. The molecule has 3 heteroatoms. The summed E-state index contributed by atoms with van der Waals surface area (Å²) < 4.78 is 5.42. The number of carbonyl (C=O) groups is 1. The predicted octanol–water partition coefficient (Wildman–Crippen LogP) is 3.15. The predicted molar refractivity (Wildman–Crippen MR) is 77.0 cm³/mol. The van der Waals surface area contributed by atoms with Crippen LogP contribution < -0.4 is 0 Å². The van der Waals surface area contributed by atoms with Crippen LogP contribution in [0.25, 0.3) is 0 Å². The van der Waals surface area contributed by atoms with Crippen LogP contribution in [0.2, 0.25) is 0 Å². The Balaban J connectivity index is 1.97. The van der Waals surface area contributed by atoms with E-state index in [0.717, 1.165) is 25.2 Å². The van der Waals surface area contributed by atoms with E-state index in [1.807, 2.05) is 6.92 Å². The summed E-state index contributed by atoms with van der Waals surface area (Å²) in [7, 11) is 0. The van der Waals surface area contributed by atoms with E-state index in [9.17, 15) is 9.90 Å². The fourth-order valence-corrected chi connectivity index (χ4v) is 6.09. The maximum absolute atomic E-state index is 11.3. The average molecular weight is 280 g/mol. The molecule has 20 heavy (non-hydrogen) atoms. The quantitative estimate of drug-likeness (QED) is 0.790. The van der Waals surface area contributed by atoms with Gasteiger partial charge in [-0.15, -0.1) is 0 Å². The van der Waals surface area contributed by atoms with Crippen molar-refractivity contribution in [3.05, 3.63) is 0 Å². The zero-order valence-corrected chi connectivity index (χ0v) is 13.2. The lowest BCUT2D eigenvalue weighted by Gasteiger charge is -2.44. The highest BCUT2D eigenvalue weighted by Gasteiger charge is 2.69. The molecular weight excluding hydrogens is 252 g/mol. The van der Waals surface area contributed by atoms with Gasteiger partial charge in [-0.1, -0.05) is 13.8 Å². The lowest BCUT2D eigenvalue weighted by Crippen LogP contribution is -2.46. The van der Waals surface area contributed by atoms with Gasteiger partial charge in [0.05, 0.1) is 12.2 Å². The number of esters is 1. The van der Waals surface area contributed by atoms with E-state index in [1.165, 1.54) is 19.8 Å². The Morgan fingerprint density at radius 2 is 1.95 bits per heavy atom. The zero-order valence-electron chi connectivity index (χ0n) is 13.2. The number of carbonyl (C=O) groups excluding carboxylic acids is 1. The second-order valence-electron chi connectivity index (χ2n) is 8.16. The smallest absolute Gasteiger partial charge is 0.302 e. The third-order valence-corrected chi connectivity index (χ3v) is 7.17. The maximum atomic E-state index is 11.3. The first-order chi connectivity index (χ1) is 9.22. The molecule has 0 unspecified atom stereocenters. The molecule has 0 aromatic heterocycles. The molecule has 3 aliphatic rings. The SMILES string of the molecule is CC(=O)OC[C@]1(C)[C@H]2C[C@@]3(CC[C@@]2(C)O)[C@H](C)CC[C@@H]13. The summed E-state index contributed by atoms with van der Waals surface area (Å²) in [5.41, 5.74) is -0.275. The molecule has 3 fully saturated rings. The van der Waals surface area contributed by atoms with Crippen molar-refractivity contribution in [1.29, 1.82) is 0 Å². The maximum Gasteiger partial charge on any atom is 0.302 e.